The molecule has 2 fully saturated rings. The second kappa shape index (κ2) is 10.1. The van der Waals surface area contributed by atoms with Crippen LogP contribution in [0.1, 0.15) is 23.1 Å². The Morgan fingerprint density at radius 3 is 2.68 bits per heavy atom. The van der Waals surface area contributed by atoms with Gasteiger partial charge in [0, 0.05) is 36.6 Å². The topological polar surface area (TPSA) is 58.4 Å². The summed E-state index contributed by atoms with van der Waals surface area (Å²) in [6, 6.07) is 8.82. The van der Waals surface area contributed by atoms with Crippen LogP contribution in [0.5, 0.6) is 0 Å². The van der Waals surface area contributed by atoms with Crippen molar-refractivity contribution in [3.63, 3.8) is 0 Å². The molecule has 2 amide bonds. The first-order valence-electron chi connectivity index (χ1n) is 11.5. The summed E-state index contributed by atoms with van der Waals surface area (Å²) in [5.74, 6) is -0.399. The van der Waals surface area contributed by atoms with Crippen LogP contribution in [0.3, 0.4) is 0 Å². The maximum Gasteiger partial charge on any atom is 0.416 e. The molecule has 2 aliphatic rings. The number of amides is 2. The molecule has 6 nitrogen and oxygen atoms in total. The van der Waals surface area contributed by atoms with E-state index in [2.05, 4.69) is 5.10 Å². The van der Waals surface area contributed by atoms with Gasteiger partial charge in [-0.1, -0.05) is 23.7 Å². The number of fused-ring (bicyclic) bond motifs is 1. The first-order chi connectivity index (χ1) is 17.6. The van der Waals surface area contributed by atoms with Crippen molar-refractivity contribution in [2.45, 2.75) is 25.3 Å². The standard InChI is InChI=1S/C25H21ClF4N4O2S/c26-18-3-2-16(20(11-18)25(28,29)30)13-34-21-4-1-15(9-17(21)12-31-34)10-22-23(35)33(24(36)37-22)8-7-32-6-5-19(27)14-32/h1-4,9-12,19H,5-8,13-14H2/b22-10-/t19-/m0/s1. The van der Waals surface area contributed by atoms with E-state index >= 15 is 0 Å². The summed E-state index contributed by atoms with van der Waals surface area (Å²) in [5, 5.41) is 4.55. The summed E-state index contributed by atoms with van der Waals surface area (Å²) < 4.78 is 55.3. The summed E-state index contributed by atoms with van der Waals surface area (Å²) in [6.45, 7) is 1.45. The van der Waals surface area contributed by atoms with Crippen molar-refractivity contribution in [1.29, 1.82) is 0 Å². The van der Waals surface area contributed by atoms with Crippen molar-refractivity contribution < 1.29 is 27.2 Å². The van der Waals surface area contributed by atoms with Crippen LogP contribution >= 0.6 is 23.4 Å². The molecule has 1 aromatic heterocycles. The number of carbonyl (C=O) groups is 2. The first kappa shape index (κ1) is 25.7. The molecule has 12 heteroatoms. The lowest BCUT2D eigenvalue weighted by Crippen LogP contribution is -2.36. The Hall–Kier alpha value is -2.89. The largest absolute Gasteiger partial charge is 0.416 e. The van der Waals surface area contributed by atoms with Gasteiger partial charge in [-0.15, -0.1) is 0 Å². The van der Waals surface area contributed by atoms with E-state index in [-0.39, 0.29) is 33.8 Å². The van der Waals surface area contributed by atoms with E-state index in [9.17, 15) is 27.2 Å². The van der Waals surface area contributed by atoms with Crippen LogP contribution in [0.25, 0.3) is 17.0 Å². The molecule has 194 valence electrons. The Labute approximate surface area is 218 Å². The van der Waals surface area contributed by atoms with Crippen LogP contribution in [-0.4, -0.2) is 63.1 Å². The summed E-state index contributed by atoms with van der Waals surface area (Å²) in [7, 11) is 0. The van der Waals surface area contributed by atoms with Gasteiger partial charge in [0.25, 0.3) is 11.1 Å². The fourth-order valence-electron chi connectivity index (χ4n) is 4.51. The molecule has 0 bridgehead atoms. The van der Waals surface area contributed by atoms with Gasteiger partial charge < -0.3 is 0 Å². The first-order valence-corrected chi connectivity index (χ1v) is 12.7. The van der Waals surface area contributed by atoms with Gasteiger partial charge in [-0.2, -0.15) is 18.3 Å². The number of aromatic nitrogens is 2. The minimum Gasteiger partial charge on any atom is -0.299 e. The van der Waals surface area contributed by atoms with Crippen LogP contribution in [0.4, 0.5) is 22.4 Å². The SMILES string of the molecule is O=C1S/C(=C\c2ccc3c(cnn3Cc3ccc(Cl)cc3C(F)(F)F)c2)C(=O)N1CCN1CC[C@H](F)C1. The van der Waals surface area contributed by atoms with Crippen molar-refractivity contribution in [1.82, 2.24) is 19.6 Å². The second-order valence-electron chi connectivity index (χ2n) is 8.94. The van der Waals surface area contributed by atoms with Gasteiger partial charge in [-0.25, -0.2) is 4.39 Å². The number of hydrogen-bond acceptors (Lipinski definition) is 5. The van der Waals surface area contributed by atoms with E-state index in [1.807, 2.05) is 4.90 Å². The maximum atomic E-state index is 13.5. The molecule has 3 aromatic rings. The minimum absolute atomic E-state index is 0.0000945. The molecule has 37 heavy (non-hydrogen) atoms. The summed E-state index contributed by atoms with van der Waals surface area (Å²) in [4.78, 5) is 28.5. The number of halogens is 5. The molecule has 0 N–H and O–H groups in total. The van der Waals surface area contributed by atoms with Crippen LogP contribution in [0.2, 0.25) is 5.02 Å². The fraction of sp³-hybridized carbons (Fsp3) is 0.320. The zero-order valence-corrected chi connectivity index (χ0v) is 20.9. The Balaban J connectivity index is 1.32. The van der Waals surface area contributed by atoms with Crippen molar-refractivity contribution in [3.05, 3.63) is 69.2 Å². The fourth-order valence-corrected chi connectivity index (χ4v) is 5.54. The number of alkyl halides is 4. The van der Waals surface area contributed by atoms with Gasteiger partial charge in [0.15, 0.2) is 0 Å². The van der Waals surface area contributed by atoms with Crippen LogP contribution in [0.15, 0.2) is 47.5 Å². The number of carbonyl (C=O) groups excluding carboxylic acids is 2. The number of imide groups is 1. The van der Waals surface area contributed by atoms with Gasteiger partial charge in [-0.05, 0) is 59.7 Å². The van der Waals surface area contributed by atoms with Crippen molar-refractivity contribution in [2.24, 2.45) is 0 Å². The Morgan fingerprint density at radius 1 is 1.14 bits per heavy atom. The normalized spacial score (nSPS) is 20.2. The van der Waals surface area contributed by atoms with Crippen LogP contribution < -0.4 is 0 Å². The van der Waals surface area contributed by atoms with Crippen molar-refractivity contribution >= 4 is 51.5 Å². The molecule has 5 rings (SSSR count). The zero-order chi connectivity index (χ0) is 26.3. The van der Waals surface area contributed by atoms with Crippen LogP contribution in [-0.2, 0) is 17.5 Å². The molecular weight excluding hydrogens is 532 g/mol. The Morgan fingerprint density at radius 2 is 1.95 bits per heavy atom. The molecule has 2 saturated heterocycles. The number of thioether (sulfide) groups is 1. The van der Waals surface area contributed by atoms with Gasteiger partial charge in [0.2, 0.25) is 0 Å². The molecule has 2 aromatic carbocycles. The van der Waals surface area contributed by atoms with Crippen LogP contribution in [0, 0.1) is 0 Å². The number of hydrogen-bond donors (Lipinski definition) is 0. The van der Waals surface area contributed by atoms with E-state index in [0.29, 0.717) is 42.5 Å². The molecule has 0 spiro atoms. The third-order valence-electron chi connectivity index (χ3n) is 6.39. The molecule has 2 aliphatic heterocycles. The molecule has 1 atom stereocenters. The molecule has 0 radical (unpaired) electrons. The number of rotatable bonds is 6. The smallest absolute Gasteiger partial charge is 0.299 e. The summed E-state index contributed by atoms with van der Waals surface area (Å²) in [6.07, 6.45) is -1.81. The summed E-state index contributed by atoms with van der Waals surface area (Å²) in [5.41, 5.74) is 0.491. The second-order valence-corrected chi connectivity index (χ2v) is 10.4. The predicted octanol–water partition coefficient (Wildman–Crippen LogP) is 5.84. The highest BCUT2D eigenvalue weighted by molar-refractivity contribution is 8.18. The van der Waals surface area contributed by atoms with E-state index in [1.54, 1.807) is 24.3 Å². The van der Waals surface area contributed by atoms with Crippen molar-refractivity contribution in [2.75, 3.05) is 26.2 Å². The van der Waals surface area contributed by atoms with Gasteiger partial charge in [-0.3, -0.25) is 24.1 Å². The lowest BCUT2D eigenvalue weighted by atomic mass is 10.1. The van der Waals surface area contributed by atoms with E-state index in [0.717, 1.165) is 17.8 Å². The Kier molecular flexibility index (Phi) is 7.03. The van der Waals surface area contributed by atoms with E-state index in [1.165, 1.54) is 27.9 Å². The van der Waals surface area contributed by atoms with Gasteiger partial charge in [0.1, 0.15) is 6.17 Å². The minimum atomic E-state index is -4.55. The maximum absolute atomic E-state index is 13.5. The average molecular weight is 553 g/mol. The molecular formula is C25H21ClF4N4O2S. The molecule has 3 heterocycles. The third kappa shape index (κ3) is 5.53. The highest BCUT2D eigenvalue weighted by Crippen LogP contribution is 2.35. The third-order valence-corrected chi connectivity index (χ3v) is 7.53. The number of likely N-dealkylation sites (tertiary alicyclic amines) is 1. The van der Waals surface area contributed by atoms with Gasteiger partial charge in [0.05, 0.1) is 28.7 Å². The lowest BCUT2D eigenvalue weighted by Gasteiger charge is -2.18. The average Bonchev–Trinajstić information content (AvgIpc) is 3.51. The quantitative estimate of drug-likeness (QED) is 0.284. The van der Waals surface area contributed by atoms with E-state index < -0.39 is 23.8 Å². The predicted molar refractivity (Wildman–Crippen MR) is 134 cm³/mol. The Bertz CT molecular complexity index is 1410. The molecule has 0 saturated carbocycles. The highest BCUT2D eigenvalue weighted by atomic mass is 35.5. The number of nitrogens with zero attached hydrogens (tertiary/aromatic N) is 4. The highest BCUT2D eigenvalue weighted by Gasteiger charge is 2.36. The number of benzene rings is 2. The molecule has 0 aliphatic carbocycles. The zero-order valence-electron chi connectivity index (χ0n) is 19.3. The van der Waals surface area contributed by atoms with Crippen molar-refractivity contribution in [3.8, 4) is 0 Å². The summed E-state index contributed by atoms with van der Waals surface area (Å²) >= 11 is 6.62. The monoisotopic (exact) mass is 552 g/mol. The van der Waals surface area contributed by atoms with Gasteiger partial charge >= 0.3 is 6.18 Å². The molecule has 0 unspecified atom stereocenters. The lowest BCUT2D eigenvalue weighted by molar-refractivity contribution is -0.138. The van der Waals surface area contributed by atoms with E-state index in [4.69, 9.17) is 11.6 Å².